The molecule has 0 saturated heterocycles. The molecule has 1 nitrogen and oxygen atoms in total. The first-order chi connectivity index (χ1) is 6.97. The Balaban J connectivity index is 2.09. The van der Waals surface area contributed by atoms with E-state index in [2.05, 4.69) is 12.2 Å². The van der Waals surface area contributed by atoms with Gasteiger partial charge in [-0.05, 0) is 37.6 Å². The van der Waals surface area contributed by atoms with Crippen molar-refractivity contribution in [3.05, 3.63) is 0 Å². The predicted molar refractivity (Wildman–Crippen MR) is 58.0 cm³/mol. The molecule has 5 heteroatoms. The number of hydrogen-bond donors (Lipinski definition) is 1. The molecule has 0 spiro atoms. The number of hydrogen-bond acceptors (Lipinski definition) is 2. The summed E-state index contributed by atoms with van der Waals surface area (Å²) in [4.78, 5) is 0. The van der Waals surface area contributed by atoms with Crippen LogP contribution in [0.5, 0.6) is 0 Å². The van der Waals surface area contributed by atoms with Gasteiger partial charge in [0.1, 0.15) is 0 Å². The average Bonchev–Trinajstić information content (AvgIpc) is 2.84. The molecule has 1 N–H and O–H groups in total. The maximum atomic E-state index is 11.9. The van der Waals surface area contributed by atoms with Crippen LogP contribution in [0.15, 0.2) is 0 Å². The van der Waals surface area contributed by atoms with Gasteiger partial charge >= 0.3 is 5.51 Å². The van der Waals surface area contributed by atoms with E-state index in [4.69, 9.17) is 0 Å². The van der Waals surface area contributed by atoms with Crippen molar-refractivity contribution < 1.29 is 13.2 Å². The molecule has 1 saturated carbocycles. The summed E-state index contributed by atoms with van der Waals surface area (Å²) in [6.07, 6.45) is 3.94. The van der Waals surface area contributed by atoms with Crippen LogP contribution in [-0.2, 0) is 0 Å². The van der Waals surface area contributed by atoms with Gasteiger partial charge in [0.05, 0.1) is 0 Å². The zero-order valence-electron chi connectivity index (χ0n) is 8.99. The van der Waals surface area contributed by atoms with E-state index in [-0.39, 0.29) is 22.9 Å². The lowest BCUT2D eigenvalue weighted by Gasteiger charge is -2.15. The van der Waals surface area contributed by atoms with Crippen molar-refractivity contribution in [2.45, 2.75) is 38.1 Å². The molecule has 0 aromatic carbocycles. The van der Waals surface area contributed by atoms with E-state index < -0.39 is 5.51 Å². The van der Waals surface area contributed by atoms with E-state index >= 15 is 0 Å². The summed E-state index contributed by atoms with van der Waals surface area (Å²) in [5.41, 5.74) is -3.87. The highest BCUT2D eigenvalue weighted by Gasteiger charge is 2.42. The third-order valence-corrected chi connectivity index (χ3v) is 3.52. The average molecular weight is 241 g/mol. The van der Waals surface area contributed by atoms with E-state index in [1.165, 1.54) is 0 Å². The lowest BCUT2D eigenvalue weighted by Crippen LogP contribution is -2.25. The Kier molecular flexibility index (Phi) is 4.77. The largest absolute Gasteiger partial charge is 0.441 e. The number of rotatable bonds is 7. The lowest BCUT2D eigenvalue weighted by molar-refractivity contribution is -0.0328. The van der Waals surface area contributed by atoms with Crippen LogP contribution in [0.2, 0.25) is 0 Å². The molecular formula is C10H18F3NS. The molecule has 1 aliphatic rings. The Morgan fingerprint density at radius 3 is 2.47 bits per heavy atom. The van der Waals surface area contributed by atoms with Crippen molar-refractivity contribution >= 4 is 11.8 Å². The van der Waals surface area contributed by atoms with Crippen LogP contribution >= 0.6 is 11.8 Å². The monoisotopic (exact) mass is 241 g/mol. The van der Waals surface area contributed by atoms with Gasteiger partial charge in [0, 0.05) is 12.3 Å². The first-order valence-electron chi connectivity index (χ1n) is 5.39. The van der Waals surface area contributed by atoms with Crippen LogP contribution in [0, 0.1) is 5.41 Å². The summed E-state index contributed by atoms with van der Waals surface area (Å²) in [6.45, 7) is 3.94. The number of nitrogens with one attached hydrogen (secondary N) is 1. The minimum Gasteiger partial charge on any atom is -0.316 e. The van der Waals surface area contributed by atoms with Gasteiger partial charge in [0.2, 0.25) is 0 Å². The SMILES string of the molecule is CCCNCC1(CCSC(F)(F)F)CC1. The quantitative estimate of drug-likeness (QED) is 0.685. The molecule has 0 radical (unpaired) electrons. The van der Waals surface area contributed by atoms with Gasteiger partial charge in [-0.25, -0.2) is 0 Å². The second-order valence-electron chi connectivity index (χ2n) is 4.22. The van der Waals surface area contributed by atoms with Gasteiger partial charge in [-0.15, -0.1) is 0 Å². The topological polar surface area (TPSA) is 12.0 Å². The number of alkyl halides is 3. The standard InChI is InChI=1S/C10H18F3NS/c1-2-6-14-8-9(3-4-9)5-7-15-10(11,12)13/h14H,2-8H2,1H3. The lowest BCUT2D eigenvalue weighted by atomic mass is 10.0. The fraction of sp³-hybridized carbons (Fsp3) is 1.00. The van der Waals surface area contributed by atoms with Crippen LogP contribution in [0.4, 0.5) is 13.2 Å². The highest BCUT2D eigenvalue weighted by molar-refractivity contribution is 8.00. The summed E-state index contributed by atoms with van der Waals surface area (Å²) >= 11 is 0.112. The van der Waals surface area contributed by atoms with Gasteiger partial charge in [0.25, 0.3) is 0 Å². The van der Waals surface area contributed by atoms with E-state index in [9.17, 15) is 13.2 Å². The summed E-state index contributed by atoms with van der Waals surface area (Å²) in [7, 11) is 0. The van der Waals surface area contributed by atoms with E-state index in [1.807, 2.05) is 0 Å². The molecule has 1 fully saturated rings. The third-order valence-electron chi connectivity index (χ3n) is 2.78. The molecule has 0 aliphatic heterocycles. The molecule has 1 rings (SSSR count). The normalized spacial score (nSPS) is 19.2. The van der Waals surface area contributed by atoms with Crippen LogP contribution in [0.1, 0.15) is 32.6 Å². The van der Waals surface area contributed by atoms with Gasteiger partial charge < -0.3 is 5.32 Å². The molecule has 0 aromatic heterocycles. The molecule has 90 valence electrons. The fourth-order valence-electron chi connectivity index (χ4n) is 1.61. The van der Waals surface area contributed by atoms with Gasteiger partial charge in [-0.2, -0.15) is 13.2 Å². The predicted octanol–water partition coefficient (Wildman–Crippen LogP) is 3.41. The number of halogens is 3. The molecule has 0 amide bonds. The van der Waals surface area contributed by atoms with Crippen molar-refractivity contribution in [1.82, 2.24) is 5.32 Å². The Labute approximate surface area is 93.2 Å². The second-order valence-corrected chi connectivity index (χ2v) is 5.38. The van der Waals surface area contributed by atoms with Crippen LogP contribution < -0.4 is 5.32 Å². The minimum atomic E-state index is -4.06. The van der Waals surface area contributed by atoms with Crippen molar-refractivity contribution in [3.8, 4) is 0 Å². The summed E-state index contributed by atoms with van der Waals surface area (Å²) < 4.78 is 35.7. The van der Waals surface area contributed by atoms with Gasteiger partial charge in [-0.3, -0.25) is 0 Å². The second kappa shape index (κ2) is 5.43. The van der Waals surface area contributed by atoms with Crippen LogP contribution in [0.3, 0.4) is 0 Å². The maximum Gasteiger partial charge on any atom is 0.441 e. The van der Waals surface area contributed by atoms with Crippen LogP contribution in [0.25, 0.3) is 0 Å². The molecule has 0 heterocycles. The summed E-state index contributed by atoms with van der Waals surface area (Å²) in [5, 5.41) is 3.29. The van der Waals surface area contributed by atoms with Crippen molar-refractivity contribution in [2.24, 2.45) is 5.41 Å². The minimum absolute atomic E-state index is 0.112. The first kappa shape index (κ1) is 13.2. The Bertz CT molecular complexity index is 190. The van der Waals surface area contributed by atoms with E-state index in [1.54, 1.807) is 0 Å². The van der Waals surface area contributed by atoms with E-state index in [0.717, 1.165) is 32.4 Å². The fourth-order valence-corrected chi connectivity index (χ4v) is 2.37. The van der Waals surface area contributed by atoms with Crippen molar-refractivity contribution in [2.75, 3.05) is 18.8 Å². The Morgan fingerprint density at radius 2 is 2.00 bits per heavy atom. The first-order valence-corrected chi connectivity index (χ1v) is 6.37. The molecule has 0 unspecified atom stereocenters. The molecule has 0 atom stereocenters. The van der Waals surface area contributed by atoms with Crippen LogP contribution in [-0.4, -0.2) is 24.4 Å². The molecule has 15 heavy (non-hydrogen) atoms. The number of thioether (sulfide) groups is 1. The van der Waals surface area contributed by atoms with Crippen molar-refractivity contribution in [3.63, 3.8) is 0 Å². The Morgan fingerprint density at radius 1 is 1.33 bits per heavy atom. The third kappa shape index (κ3) is 5.66. The maximum absolute atomic E-state index is 11.9. The smallest absolute Gasteiger partial charge is 0.316 e. The molecule has 0 aromatic rings. The van der Waals surface area contributed by atoms with Crippen molar-refractivity contribution in [1.29, 1.82) is 0 Å². The van der Waals surface area contributed by atoms with Gasteiger partial charge in [0.15, 0.2) is 0 Å². The molecule has 1 aliphatic carbocycles. The van der Waals surface area contributed by atoms with E-state index in [0.29, 0.717) is 6.42 Å². The highest BCUT2D eigenvalue weighted by atomic mass is 32.2. The molecule has 0 bridgehead atoms. The highest BCUT2D eigenvalue weighted by Crippen LogP contribution is 2.49. The summed E-state index contributed by atoms with van der Waals surface area (Å²) in [5.74, 6) is 0.206. The molecular weight excluding hydrogens is 223 g/mol. The summed E-state index contributed by atoms with van der Waals surface area (Å²) in [6, 6.07) is 0. The van der Waals surface area contributed by atoms with Gasteiger partial charge in [-0.1, -0.05) is 18.7 Å². The zero-order valence-corrected chi connectivity index (χ0v) is 9.81. The Hall–Kier alpha value is 0.100. The zero-order chi connectivity index (χ0) is 11.4.